The summed E-state index contributed by atoms with van der Waals surface area (Å²) < 4.78 is 10.2. The van der Waals surface area contributed by atoms with Gasteiger partial charge in [0.15, 0.2) is 5.78 Å². The maximum absolute atomic E-state index is 12.8. The van der Waals surface area contributed by atoms with E-state index in [1.807, 2.05) is 0 Å². The molecule has 0 aromatic heterocycles. The second kappa shape index (κ2) is 9.19. The molecule has 2 rings (SSSR count). The summed E-state index contributed by atoms with van der Waals surface area (Å²) in [5, 5.41) is 13.7. The van der Waals surface area contributed by atoms with Crippen LogP contribution in [0.15, 0.2) is 54.6 Å². The lowest BCUT2D eigenvalue weighted by Gasteiger charge is -2.25. The van der Waals surface area contributed by atoms with Crippen molar-refractivity contribution in [1.29, 1.82) is 0 Å². The third kappa shape index (κ3) is 5.31. The van der Waals surface area contributed by atoms with E-state index in [0.29, 0.717) is 17.0 Å². The average Bonchev–Trinajstić information content (AvgIpc) is 2.68. The van der Waals surface area contributed by atoms with Crippen LogP contribution in [0.1, 0.15) is 25.8 Å². The zero-order valence-corrected chi connectivity index (χ0v) is 15.8. The van der Waals surface area contributed by atoms with Crippen LogP contribution >= 0.6 is 0 Å². The van der Waals surface area contributed by atoms with Crippen molar-refractivity contribution < 1.29 is 24.2 Å². The number of esters is 1. The summed E-state index contributed by atoms with van der Waals surface area (Å²) in [6, 6.07) is 14.7. The lowest BCUT2D eigenvalue weighted by molar-refractivity contribution is -0.147. The highest BCUT2D eigenvalue weighted by molar-refractivity contribution is 5.93. The third-order valence-corrected chi connectivity index (χ3v) is 4.27. The number of rotatable bonds is 9. The van der Waals surface area contributed by atoms with E-state index in [2.05, 4.69) is 5.32 Å². The Kier molecular flexibility index (Phi) is 6.96. The van der Waals surface area contributed by atoms with Gasteiger partial charge in [0, 0.05) is 12.1 Å². The molecule has 0 aliphatic rings. The van der Waals surface area contributed by atoms with Gasteiger partial charge in [0.2, 0.25) is 0 Å². The Balaban J connectivity index is 2.18. The van der Waals surface area contributed by atoms with Crippen LogP contribution in [0, 0.1) is 0 Å². The monoisotopic (exact) mass is 371 g/mol. The minimum absolute atomic E-state index is 0.197. The molecule has 0 saturated carbocycles. The molecule has 0 radical (unpaired) electrons. The van der Waals surface area contributed by atoms with Crippen molar-refractivity contribution in [2.75, 3.05) is 19.0 Å². The Morgan fingerprint density at radius 2 is 1.74 bits per heavy atom. The number of ether oxygens (including phenoxy) is 2. The molecule has 2 unspecified atom stereocenters. The largest absolute Gasteiger partial charge is 0.497 e. The van der Waals surface area contributed by atoms with Gasteiger partial charge in [0.05, 0.1) is 13.7 Å². The van der Waals surface area contributed by atoms with Crippen LogP contribution < -0.4 is 10.1 Å². The molecule has 6 heteroatoms. The predicted octanol–water partition coefficient (Wildman–Crippen LogP) is 2.91. The molecule has 2 aromatic rings. The minimum Gasteiger partial charge on any atom is -0.497 e. The Morgan fingerprint density at radius 1 is 1.11 bits per heavy atom. The van der Waals surface area contributed by atoms with E-state index in [4.69, 9.17) is 9.47 Å². The standard InChI is InChI=1S/C21H25NO5/c1-4-27-20(24)18(22-16-10-12-17(26-3)13-11-16)14-19(23)21(2,25)15-8-6-5-7-9-15/h5-13,18,22,25H,4,14H2,1-3H3. The van der Waals surface area contributed by atoms with Crippen molar-refractivity contribution in [3.63, 3.8) is 0 Å². The summed E-state index contributed by atoms with van der Waals surface area (Å²) in [4.78, 5) is 25.1. The molecule has 27 heavy (non-hydrogen) atoms. The van der Waals surface area contributed by atoms with Gasteiger partial charge in [0.25, 0.3) is 0 Å². The van der Waals surface area contributed by atoms with Crippen LogP contribution in [0.5, 0.6) is 5.75 Å². The first kappa shape index (κ1) is 20.5. The molecular weight excluding hydrogens is 346 g/mol. The first-order valence-corrected chi connectivity index (χ1v) is 8.77. The van der Waals surface area contributed by atoms with Crippen molar-refractivity contribution in [3.05, 3.63) is 60.2 Å². The van der Waals surface area contributed by atoms with E-state index in [1.165, 1.54) is 6.92 Å². The molecule has 2 atom stereocenters. The number of aliphatic hydroxyl groups is 1. The van der Waals surface area contributed by atoms with Gasteiger partial charge in [-0.1, -0.05) is 30.3 Å². The number of hydrogen-bond donors (Lipinski definition) is 2. The summed E-state index contributed by atoms with van der Waals surface area (Å²) in [6.45, 7) is 3.33. The quantitative estimate of drug-likeness (QED) is 0.660. The van der Waals surface area contributed by atoms with E-state index in [-0.39, 0.29) is 13.0 Å². The van der Waals surface area contributed by atoms with Crippen molar-refractivity contribution in [2.45, 2.75) is 31.9 Å². The first-order valence-electron chi connectivity index (χ1n) is 8.77. The Labute approximate surface area is 159 Å². The molecular formula is C21H25NO5. The maximum atomic E-state index is 12.8. The molecule has 0 amide bonds. The molecule has 0 saturated heterocycles. The lowest BCUT2D eigenvalue weighted by Crippen LogP contribution is -2.40. The number of nitrogens with one attached hydrogen (secondary N) is 1. The van der Waals surface area contributed by atoms with Gasteiger partial charge >= 0.3 is 5.97 Å². The Morgan fingerprint density at radius 3 is 2.30 bits per heavy atom. The average molecular weight is 371 g/mol. The fourth-order valence-corrected chi connectivity index (χ4v) is 2.63. The maximum Gasteiger partial charge on any atom is 0.329 e. The summed E-state index contributed by atoms with van der Waals surface area (Å²) in [5.41, 5.74) is -0.587. The highest BCUT2D eigenvalue weighted by atomic mass is 16.5. The number of Topliss-reactive ketones (excluding diaryl/α,β-unsaturated/α-hetero) is 1. The molecule has 0 heterocycles. The van der Waals surface area contributed by atoms with Crippen LogP contribution in [0.2, 0.25) is 0 Å². The molecule has 0 aliphatic heterocycles. The number of benzene rings is 2. The van der Waals surface area contributed by atoms with Crippen molar-refractivity contribution >= 4 is 17.4 Å². The normalized spacial score (nSPS) is 13.9. The lowest BCUT2D eigenvalue weighted by atomic mass is 9.88. The molecule has 6 nitrogen and oxygen atoms in total. The number of carbonyl (C=O) groups excluding carboxylic acids is 2. The summed E-state index contributed by atoms with van der Waals surface area (Å²) in [5.74, 6) is -0.352. The molecule has 0 fully saturated rings. The minimum atomic E-state index is -1.70. The van der Waals surface area contributed by atoms with Crippen molar-refractivity contribution in [2.24, 2.45) is 0 Å². The van der Waals surface area contributed by atoms with Gasteiger partial charge in [0.1, 0.15) is 17.4 Å². The van der Waals surface area contributed by atoms with E-state index < -0.39 is 23.4 Å². The van der Waals surface area contributed by atoms with E-state index >= 15 is 0 Å². The molecule has 2 aromatic carbocycles. The first-order chi connectivity index (χ1) is 12.9. The number of methoxy groups -OCH3 is 1. The van der Waals surface area contributed by atoms with Crippen molar-refractivity contribution in [1.82, 2.24) is 0 Å². The van der Waals surface area contributed by atoms with Crippen molar-refractivity contribution in [3.8, 4) is 5.75 Å². The van der Waals surface area contributed by atoms with Gasteiger partial charge in [-0.3, -0.25) is 4.79 Å². The van der Waals surface area contributed by atoms with Gasteiger partial charge in [-0.15, -0.1) is 0 Å². The second-order valence-corrected chi connectivity index (χ2v) is 6.24. The fourth-order valence-electron chi connectivity index (χ4n) is 2.63. The second-order valence-electron chi connectivity index (χ2n) is 6.24. The van der Waals surface area contributed by atoms with E-state index in [0.717, 1.165) is 0 Å². The summed E-state index contributed by atoms with van der Waals surface area (Å²) >= 11 is 0. The molecule has 144 valence electrons. The molecule has 0 spiro atoms. The highest BCUT2D eigenvalue weighted by Crippen LogP contribution is 2.25. The SMILES string of the molecule is CCOC(=O)C(CC(=O)C(C)(O)c1ccccc1)Nc1ccc(OC)cc1. The topological polar surface area (TPSA) is 84.9 Å². The zero-order valence-electron chi connectivity index (χ0n) is 15.8. The van der Waals surface area contributed by atoms with Gasteiger partial charge < -0.3 is 19.9 Å². The number of carbonyl (C=O) groups is 2. The van der Waals surface area contributed by atoms with Gasteiger partial charge in [-0.25, -0.2) is 4.79 Å². The zero-order chi connectivity index (χ0) is 19.9. The summed E-state index contributed by atoms with van der Waals surface area (Å²) in [6.07, 6.45) is -0.216. The van der Waals surface area contributed by atoms with E-state index in [9.17, 15) is 14.7 Å². The summed E-state index contributed by atoms with van der Waals surface area (Å²) in [7, 11) is 1.56. The number of hydrogen-bond acceptors (Lipinski definition) is 6. The Hall–Kier alpha value is -2.86. The fraction of sp³-hybridized carbons (Fsp3) is 0.333. The predicted molar refractivity (Wildman–Crippen MR) is 103 cm³/mol. The van der Waals surface area contributed by atoms with Crippen LogP contribution in [0.4, 0.5) is 5.69 Å². The van der Waals surface area contributed by atoms with E-state index in [1.54, 1.807) is 68.6 Å². The molecule has 0 bridgehead atoms. The molecule has 0 aliphatic carbocycles. The number of anilines is 1. The smallest absolute Gasteiger partial charge is 0.329 e. The molecule has 2 N–H and O–H groups in total. The Bertz CT molecular complexity index is 756. The van der Waals surface area contributed by atoms with Gasteiger partial charge in [-0.05, 0) is 43.7 Å². The third-order valence-electron chi connectivity index (χ3n) is 4.27. The number of ketones is 1. The van der Waals surface area contributed by atoms with Crippen LogP contribution in [-0.4, -0.2) is 36.6 Å². The van der Waals surface area contributed by atoms with Crippen LogP contribution in [0.25, 0.3) is 0 Å². The van der Waals surface area contributed by atoms with Crippen LogP contribution in [-0.2, 0) is 19.9 Å². The highest BCUT2D eigenvalue weighted by Gasteiger charge is 2.35. The van der Waals surface area contributed by atoms with Gasteiger partial charge in [-0.2, -0.15) is 0 Å². The van der Waals surface area contributed by atoms with Crippen LogP contribution in [0.3, 0.4) is 0 Å².